The van der Waals surface area contributed by atoms with E-state index in [2.05, 4.69) is 4.98 Å². The van der Waals surface area contributed by atoms with Gasteiger partial charge in [-0.25, -0.2) is 4.39 Å². The van der Waals surface area contributed by atoms with Crippen LogP contribution < -0.4 is 4.74 Å². The number of nitrogens with zero attached hydrogens (tertiary/aromatic N) is 1. The topological polar surface area (TPSA) is 29.9 Å². The minimum Gasteiger partial charge on any atom is -0.495 e. The number of H-pyrrole nitrogens is 1. The second-order valence-electron chi connectivity index (χ2n) is 4.70. The van der Waals surface area contributed by atoms with E-state index in [1.54, 1.807) is 19.2 Å². The highest BCUT2D eigenvalue weighted by Gasteiger charge is 2.13. The molecular weight excluding hydrogens is 311 g/mol. The van der Waals surface area contributed by atoms with Gasteiger partial charge in [0, 0.05) is 11.1 Å². The molecule has 1 aromatic heterocycles. The lowest BCUT2D eigenvalue weighted by atomic mass is 10.2. The maximum atomic E-state index is 13.3. The molecule has 0 unspecified atom stereocenters. The molecule has 108 valence electrons. The van der Waals surface area contributed by atoms with Crippen molar-refractivity contribution in [1.82, 2.24) is 9.55 Å². The summed E-state index contributed by atoms with van der Waals surface area (Å²) in [5, 5.41) is 0.619. The van der Waals surface area contributed by atoms with Gasteiger partial charge in [-0.15, -0.1) is 0 Å². The molecule has 2 aromatic carbocycles. The molecule has 1 N–H and O–H groups in total. The monoisotopic (exact) mass is 322 g/mol. The number of aromatic nitrogens is 2. The second-order valence-corrected chi connectivity index (χ2v) is 5.49. The Kier molecular flexibility index (Phi) is 3.47. The smallest absolute Gasteiger partial charge is 0.182 e. The number of aromatic amines is 1. The van der Waals surface area contributed by atoms with Crippen molar-refractivity contribution in [2.24, 2.45) is 0 Å². The Morgan fingerprint density at radius 2 is 2.05 bits per heavy atom. The molecule has 21 heavy (non-hydrogen) atoms. The largest absolute Gasteiger partial charge is 0.495 e. The number of fused-ring (bicyclic) bond motifs is 1. The van der Waals surface area contributed by atoms with Crippen LogP contribution in [0.3, 0.4) is 0 Å². The van der Waals surface area contributed by atoms with Crippen LogP contribution >= 0.6 is 23.8 Å². The fourth-order valence-corrected chi connectivity index (χ4v) is 2.77. The van der Waals surface area contributed by atoms with Crippen molar-refractivity contribution >= 4 is 34.9 Å². The molecule has 0 radical (unpaired) electrons. The molecule has 0 spiro atoms. The standard InChI is InChI=1S/C15H12ClFN2OS/c1-8-5-13(14(20-2)7-10(8)16)19-12-4-3-9(17)6-11(12)18-15(19)21/h3-7H,1-2H3,(H,18,21). The number of hydrogen-bond acceptors (Lipinski definition) is 2. The molecule has 0 bridgehead atoms. The van der Waals surface area contributed by atoms with Gasteiger partial charge in [0.25, 0.3) is 0 Å². The fraction of sp³-hybridized carbons (Fsp3) is 0.133. The van der Waals surface area contributed by atoms with Crippen molar-refractivity contribution in [3.8, 4) is 11.4 Å². The SMILES string of the molecule is COc1cc(Cl)c(C)cc1-n1c(=S)[nH]c2cc(F)ccc21. The molecule has 0 fully saturated rings. The van der Waals surface area contributed by atoms with Crippen molar-refractivity contribution in [2.75, 3.05) is 7.11 Å². The lowest BCUT2D eigenvalue weighted by Crippen LogP contribution is -1.99. The van der Waals surface area contributed by atoms with Crippen molar-refractivity contribution in [3.63, 3.8) is 0 Å². The quantitative estimate of drug-likeness (QED) is 0.687. The maximum Gasteiger partial charge on any atom is 0.182 e. The van der Waals surface area contributed by atoms with Crippen LogP contribution in [-0.4, -0.2) is 16.7 Å². The third kappa shape index (κ3) is 2.32. The third-order valence-corrected chi connectivity index (χ3v) is 4.04. The third-order valence-electron chi connectivity index (χ3n) is 3.35. The molecular formula is C15H12ClFN2OS. The first-order valence-electron chi connectivity index (χ1n) is 6.26. The molecule has 3 nitrogen and oxygen atoms in total. The van der Waals surface area contributed by atoms with Crippen LogP contribution in [0.2, 0.25) is 5.02 Å². The van der Waals surface area contributed by atoms with Crippen molar-refractivity contribution < 1.29 is 9.13 Å². The first-order valence-corrected chi connectivity index (χ1v) is 7.04. The molecule has 6 heteroatoms. The zero-order chi connectivity index (χ0) is 15.1. The predicted octanol–water partition coefficient (Wildman–Crippen LogP) is 4.80. The van der Waals surface area contributed by atoms with Gasteiger partial charge in [0.1, 0.15) is 11.6 Å². The van der Waals surface area contributed by atoms with E-state index in [9.17, 15) is 4.39 Å². The lowest BCUT2D eigenvalue weighted by Gasteiger charge is -2.12. The minimum atomic E-state index is -0.315. The van der Waals surface area contributed by atoms with Crippen LogP contribution in [0.25, 0.3) is 16.7 Å². The number of hydrogen-bond donors (Lipinski definition) is 1. The number of aryl methyl sites for hydroxylation is 1. The Morgan fingerprint density at radius 1 is 1.29 bits per heavy atom. The summed E-state index contributed by atoms with van der Waals surface area (Å²) in [6.07, 6.45) is 0. The number of ether oxygens (including phenoxy) is 1. The van der Waals surface area contributed by atoms with Crippen LogP contribution in [-0.2, 0) is 0 Å². The summed E-state index contributed by atoms with van der Waals surface area (Å²) in [7, 11) is 1.57. The number of methoxy groups -OCH3 is 1. The van der Waals surface area contributed by atoms with E-state index >= 15 is 0 Å². The number of rotatable bonds is 2. The number of halogens is 2. The average Bonchev–Trinajstić information content (AvgIpc) is 2.76. The van der Waals surface area contributed by atoms with E-state index in [4.69, 9.17) is 28.6 Å². The Hall–Kier alpha value is -1.85. The second kappa shape index (κ2) is 5.16. The normalized spacial score (nSPS) is 11.0. The van der Waals surface area contributed by atoms with Gasteiger partial charge in [-0.2, -0.15) is 0 Å². The summed E-state index contributed by atoms with van der Waals surface area (Å²) in [5.41, 5.74) is 3.09. The van der Waals surface area contributed by atoms with Gasteiger partial charge in [0.15, 0.2) is 4.77 Å². The molecule has 0 amide bonds. The highest BCUT2D eigenvalue weighted by molar-refractivity contribution is 7.71. The van der Waals surface area contributed by atoms with Crippen molar-refractivity contribution in [2.45, 2.75) is 6.92 Å². The Labute approximate surface area is 130 Å². The van der Waals surface area contributed by atoms with Crippen LogP contribution in [0, 0.1) is 17.5 Å². The molecule has 0 atom stereocenters. The zero-order valence-electron chi connectivity index (χ0n) is 11.4. The zero-order valence-corrected chi connectivity index (χ0v) is 13.0. The number of benzene rings is 2. The molecule has 3 aromatic rings. The van der Waals surface area contributed by atoms with E-state index in [1.807, 2.05) is 17.6 Å². The maximum absolute atomic E-state index is 13.3. The Balaban J connectivity index is 2.38. The average molecular weight is 323 g/mol. The van der Waals surface area contributed by atoms with Crippen LogP contribution in [0.15, 0.2) is 30.3 Å². The number of nitrogens with one attached hydrogen (secondary N) is 1. The van der Waals surface area contributed by atoms with E-state index in [-0.39, 0.29) is 5.82 Å². The van der Waals surface area contributed by atoms with Crippen LogP contribution in [0.5, 0.6) is 5.75 Å². The van der Waals surface area contributed by atoms with Gasteiger partial charge >= 0.3 is 0 Å². The van der Waals surface area contributed by atoms with E-state index in [0.717, 1.165) is 16.8 Å². The predicted molar refractivity (Wildman–Crippen MR) is 84.7 cm³/mol. The highest BCUT2D eigenvalue weighted by atomic mass is 35.5. The van der Waals surface area contributed by atoms with E-state index in [0.29, 0.717) is 21.1 Å². The van der Waals surface area contributed by atoms with Crippen LogP contribution in [0.4, 0.5) is 4.39 Å². The molecule has 3 rings (SSSR count). The van der Waals surface area contributed by atoms with E-state index in [1.165, 1.54) is 12.1 Å². The lowest BCUT2D eigenvalue weighted by molar-refractivity contribution is 0.413. The first-order chi connectivity index (χ1) is 10.0. The summed E-state index contributed by atoms with van der Waals surface area (Å²) in [6.45, 7) is 1.91. The van der Waals surface area contributed by atoms with Gasteiger partial charge < -0.3 is 9.72 Å². The van der Waals surface area contributed by atoms with Crippen LogP contribution in [0.1, 0.15) is 5.56 Å². The van der Waals surface area contributed by atoms with Crippen molar-refractivity contribution in [1.29, 1.82) is 0 Å². The summed E-state index contributed by atoms with van der Waals surface area (Å²) in [6, 6.07) is 8.14. The van der Waals surface area contributed by atoms with Gasteiger partial charge in [-0.3, -0.25) is 4.57 Å². The highest BCUT2D eigenvalue weighted by Crippen LogP contribution is 2.32. The molecule has 0 aliphatic heterocycles. The first kappa shape index (κ1) is 14.1. The molecule has 1 heterocycles. The van der Waals surface area contributed by atoms with Gasteiger partial charge in [0.2, 0.25) is 0 Å². The fourth-order valence-electron chi connectivity index (χ4n) is 2.31. The number of imidazole rings is 1. The van der Waals surface area contributed by atoms with E-state index < -0.39 is 0 Å². The summed E-state index contributed by atoms with van der Waals surface area (Å²) >= 11 is 11.5. The van der Waals surface area contributed by atoms with Crippen molar-refractivity contribution in [3.05, 3.63) is 51.5 Å². The van der Waals surface area contributed by atoms with Gasteiger partial charge in [-0.1, -0.05) is 11.6 Å². The molecule has 0 aliphatic carbocycles. The summed E-state index contributed by atoms with van der Waals surface area (Å²) < 4.78 is 21.0. The van der Waals surface area contributed by atoms with Gasteiger partial charge in [-0.05, 0) is 49.0 Å². The Morgan fingerprint density at radius 3 is 2.76 bits per heavy atom. The minimum absolute atomic E-state index is 0.315. The molecule has 0 aliphatic rings. The Bertz CT molecular complexity index is 901. The summed E-state index contributed by atoms with van der Waals surface area (Å²) in [4.78, 5) is 3.00. The summed E-state index contributed by atoms with van der Waals surface area (Å²) in [5.74, 6) is 0.289. The molecule has 0 saturated heterocycles. The molecule has 0 saturated carbocycles. The van der Waals surface area contributed by atoms with Gasteiger partial charge in [0.05, 0.1) is 23.8 Å².